The van der Waals surface area contributed by atoms with Crippen molar-refractivity contribution >= 4 is 58.3 Å². The van der Waals surface area contributed by atoms with Crippen molar-refractivity contribution in [2.24, 2.45) is 0 Å². The topological polar surface area (TPSA) is 163 Å². The van der Waals surface area contributed by atoms with E-state index < -0.39 is 20.2 Å². The maximum Gasteiger partial charge on any atom is 0.259 e. The molecule has 3 heterocycles. The fourth-order valence-corrected chi connectivity index (χ4v) is 10.3. The molecule has 2 unspecified atom stereocenters. The summed E-state index contributed by atoms with van der Waals surface area (Å²) in [5.41, 5.74) is 6.25. The van der Waals surface area contributed by atoms with E-state index in [1.807, 2.05) is 97.1 Å². The molecule has 15 heteroatoms. The lowest BCUT2D eigenvalue weighted by Crippen LogP contribution is -2.39. The van der Waals surface area contributed by atoms with Crippen LogP contribution in [0.1, 0.15) is 67.6 Å². The predicted molar refractivity (Wildman–Crippen MR) is 274 cm³/mol. The van der Waals surface area contributed by atoms with Crippen molar-refractivity contribution in [1.29, 1.82) is 5.26 Å². The molecule has 0 bridgehead atoms. The van der Waals surface area contributed by atoms with Gasteiger partial charge in [-0.25, -0.2) is 14.6 Å². The predicted octanol–water partition coefficient (Wildman–Crippen LogP) is 10.7. The van der Waals surface area contributed by atoms with Gasteiger partial charge in [-0.2, -0.15) is 5.26 Å². The van der Waals surface area contributed by atoms with Crippen molar-refractivity contribution in [2.75, 3.05) is 47.2 Å². The molecule has 8 rings (SSSR count). The highest BCUT2D eigenvalue weighted by atomic mass is 31.2. The summed E-state index contributed by atoms with van der Waals surface area (Å²) < 4.78 is 40.3. The summed E-state index contributed by atoms with van der Waals surface area (Å²) in [5, 5.41) is 14.2. The average Bonchev–Trinajstić information content (AvgIpc) is 3.39. The number of benzene rings is 5. The molecule has 0 saturated heterocycles. The van der Waals surface area contributed by atoms with Crippen molar-refractivity contribution in [3.63, 3.8) is 0 Å². The second-order valence-electron chi connectivity index (χ2n) is 17.2. The van der Waals surface area contributed by atoms with Gasteiger partial charge in [-0.3, -0.25) is 14.8 Å². The van der Waals surface area contributed by atoms with Gasteiger partial charge >= 0.3 is 0 Å². The van der Waals surface area contributed by atoms with Gasteiger partial charge in [-0.15, -0.1) is 0 Å². The SMILES string of the molecule is COc1ccc(C(OCC(COCCCNC(=O)c2ccc3nc4c5cccnc5c5ncccc5c4nc3c2)OP(OCCC#N)N(C(C)C)C(C)C)(c2ccccc2)c2ccc(OC)cc2)cc1. The van der Waals surface area contributed by atoms with E-state index in [9.17, 15) is 10.1 Å². The molecule has 360 valence electrons. The van der Waals surface area contributed by atoms with E-state index in [1.54, 1.807) is 38.7 Å². The molecule has 5 aromatic carbocycles. The first-order valence-corrected chi connectivity index (χ1v) is 24.6. The Hall–Kier alpha value is -6.69. The van der Waals surface area contributed by atoms with Crippen molar-refractivity contribution in [3.8, 4) is 17.6 Å². The van der Waals surface area contributed by atoms with Gasteiger partial charge in [0.15, 0.2) is 0 Å². The van der Waals surface area contributed by atoms with Gasteiger partial charge in [0.25, 0.3) is 14.4 Å². The summed E-state index contributed by atoms with van der Waals surface area (Å²) in [6, 6.07) is 41.3. The van der Waals surface area contributed by atoms with E-state index in [0.717, 1.165) is 44.0 Å². The lowest BCUT2D eigenvalue weighted by molar-refractivity contribution is -0.0589. The van der Waals surface area contributed by atoms with Gasteiger partial charge in [0.05, 0.1) is 79.6 Å². The van der Waals surface area contributed by atoms with E-state index in [0.29, 0.717) is 53.2 Å². The third-order valence-corrected chi connectivity index (χ3v) is 14.1. The Bertz CT molecular complexity index is 3010. The van der Waals surface area contributed by atoms with Crippen molar-refractivity contribution < 1.29 is 32.8 Å². The van der Waals surface area contributed by atoms with Gasteiger partial charge in [0.2, 0.25) is 0 Å². The molecule has 8 aromatic rings. The van der Waals surface area contributed by atoms with E-state index in [1.165, 1.54) is 0 Å². The summed E-state index contributed by atoms with van der Waals surface area (Å²) in [6.07, 6.45) is 3.62. The molecule has 2 atom stereocenters. The second-order valence-corrected chi connectivity index (χ2v) is 18.6. The van der Waals surface area contributed by atoms with Crippen LogP contribution >= 0.6 is 8.53 Å². The quantitative estimate of drug-likeness (QED) is 0.0212. The molecular formula is C55H58N7O7P. The number of rotatable bonds is 23. The van der Waals surface area contributed by atoms with Gasteiger partial charge in [-0.05, 0) is 118 Å². The number of nitriles is 1. The number of nitrogens with one attached hydrogen (secondary N) is 1. The number of methoxy groups -OCH3 is 2. The van der Waals surface area contributed by atoms with Gasteiger partial charge < -0.3 is 33.3 Å². The van der Waals surface area contributed by atoms with Gasteiger partial charge in [0.1, 0.15) is 23.2 Å². The minimum absolute atomic E-state index is 0.0744. The molecule has 0 aliphatic rings. The Labute approximate surface area is 409 Å². The van der Waals surface area contributed by atoms with E-state index >= 15 is 0 Å². The Balaban J connectivity index is 1.01. The van der Waals surface area contributed by atoms with Crippen LogP contribution in [0.4, 0.5) is 0 Å². The Morgan fingerprint density at radius 3 is 1.86 bits per heavy atom. The highest BCUT2D eigenvalue weighted by Crippen LogP contribution is 2.48. The summed E-state index contributed by atoms with van der Waals surface area (Å²) >= 11 is 0. The Morgan fingerprint density at radius 1 is 0.700 bits per heavy atom. The summed E-state index contributed by atoms with van der Waals surface area (Å²) in [6.45, 7) is 9.54. The van der Waals surface area contributed by atoms with Crippen LogP contribution in [0.5, 0.6) is 11.5 Å². The molecule has 0 saturated carbocycles. The number of nitrogens with zero attached hydrogens (tertiary/aromatic N) is 6. The second kappa shape index (κ2) is 23.3. The first kappa shape index (κ1) is 49.7. The molecule has 1 N–H and O–H groups in total. The molecule has 0 spiro atoms. The number of hydrogen-bond acceptors (Lipinski definition) is 13. The van der Waals surface area contributed by atoms with E-state index in [4.69, 9.17) is 38.0 Å². The third-order valence-electron chi connectivity index (χ3n) is 11.9. The van der Waals surface area contributed by atoms with Gasteiger partial charge in [0, 0.05) is 54.0 Å². The molecule has 0 fully saturated rings. The van der Waals surface area contributed by atoms with Crippen LogP contribution in [0, 0.1) is 11.3 Å². The monoisotopic (exact) mass is 959 g/mol. The largest absolute Gasteiger partial charge is 0.497 e. The minimum atomic E-state index is -1.66. The Morgan fingerprint density at radius 2 is 1.29 bits per heavy atom. The highest BCUT2D eigenvalue weighted by molar-refractivity contribution is 7.44. The van der Waals surface area contributed by atoms with Crippen molar-refractivity contribution in [1.82, 2.24) is 29.9 Å². The zero-order chi connectivity index (χ0) is 49.0. The zero-order valence-electron chi connectivity index (χ0n) is 40.4. The van der Waals surface area contributed by atoms with Crippen LogP contribution in [0.25, 0.3) is 43.9 Å². The normalized spacial score (nSPS) is 12.8. The van der Waals surface area contributed by atoms with Crippen LogP contribution in [-0.2, 0) is 24.1 Å². The number of pyridine rings is 2. The summed E-state index contributed by atoms with van der Waals surface area (Å²) in [5.74, 6) is 1.20. The molecule has 70 heavy (non-hydrogen) atoms. The lowest BCUT2D eigenvalue weighted by Gasteiger charge is -2.39. The van der Waals surface area contributed by atoms with Crippen molar-refractivity contribution in [2.45, 2.75) is 64.3 Å². The lowest BCUT2D eigenvalue weighted by atomic mass is 9.80. The van der Waals surface area contributed by atoms with Crippen LogP contribution in [0.15, 0.2) is 134 Å². The minimum Gasteiger partial charge on any atom is -0.497 e. The number of ether oxygens (including phenoxy) is 4. The maximum absolute atomic E-state index is 13.6. The molecule has 0 radical (unpaired) electrons. The zero-order valence-corrected chi connectivity index (χ0v) is 41.3. The fraction of sp³-hybridized carbons (Fsp3) is 0.309. The number of amides is 1. The van der Waals surface area contributed by atoms with Gasteiger partial charge in [-0.1, -0.05) is 54.6 Å². The first-order chi connectivity index (χ1) is 34.1. The molecular weight excluding hydrogens is 902 g/mol. The number of aromatic nitrogens is 4. The van der Waals surface area contributed by atoms with Crippen LogP contribution in [0.2, 0.25) is 0 Å². The average molecular weight is 960 g/mol. The van der Waals surface area contributed by atoms with Crippen LogP contribution in [-0.4, -0.2) is 95.9 Å². The number of carbonyl (C=O) groups excluding carboxylic acids is 1. The van der Waals surface area contributed by atoms with E-state index in [-0.39, 0.29) is 44.2 Å². The number of carbonyl (C=O) groups is 1. The summed E-state index contributed by atoms with van der Waals surface area (Å²) in [7, 11) is 1.62. The number of fused-ring (bicyclic) bond motifs is 7. The summed E-state index contributed by atoms with van der Waals surface area (Å²) in [4.78, 5) is 32.8. The molecule has 14 nitrogen and oxygen atoms in total. The number of hydrogen-bond donors (Lipinski definition) is 1. The molecule has 0 aliphatic heterocycles. The molecule has 1 amide bonds. The highest BCUT2D eigenvalue weighted by Gasteiger charge is 2.40. The van der Waals surface area contributed by atoms with Crippen LogP contribution in [0.3, 0.4) is 0 Å². The fourth-order valence-electron chi connectivity index (χ4n) is 8.66. The van der Waals surface area contributed by atoms with Crippen molar-refractivity contribution in [3.05, 3.63) is 156 Å². The first-order valence-electron chi connectivity index (χ1n) is 23.5. The maximum atomic E-state index is 13.6. The van der Waals surface area contributed by atoms with E-state index in [2.05, 4.69) is 65.9 Å². The molecule has 0 aliphatic carbocycles. The molecule has 3 aromatic heterocycles. The smallest absolute Gasteiger partial charge is 0.259 e. The standard InChI is InChI=1S/C55H58N7O7P/c1-37(2)62(38(3)4)70(68-33-12-28-56)69-45(36-67-55(40-14-8-7-9-15-40,41-19-23-43(64-5)24-20-41)42-21-25-44(65-6)26-22-42)35-66-32-13-31-59-54(63)39-18-27-48-49(34-39)61-53-47-17-11-30-58-51(47)50-46(52(53)60-48)16-10-29-57-50/h7-11,14-27,29-30,34,37-38,45H,12-13,31-33,35-36H2,1-6H3,(H,59,63). The van der Waals surface area contributed by atoms with Crippen LogP contribution < -0.4 is 14.8 Å². The third kappa shape index (κ3) is 11.0. The Kier molecular flexibility index (Phi) is 16.5.